The number of aliphatic hydroxyl groups excluding tert-OH is 1. The number of hydrogen-bond acceptors (Lipinski definition) is 2. The first kappa shape index (κ1) is 8.66. The minimum absolute atomic E-state index is 0.316. The van der Waals surface area contributed by atoms with Gasteiger partial charge in [-0.1, -0.05) is 19.1 Å². The van der Waals surface area contributed by atoms with Gasteiger partial charge in [0.05, 0.1) is 6.10 Å². The quantitative estimate of drug-likeness (QED) is 0.429. The second-order valence-corrected chi connectivity index (χ2v) is 1.98. The third-order valence-corrected chi connectivity index (χ3v) is 0.927. The molecule has 0 heterocycles. The molecule has 0 aromatic rings. The van der Waals surface area contributed by atoms with Crippen LogP contribution in [0.2, 0.25) is 0 Å². The van der Waals surface area contributed by atoms with Crippen LogP contribution < -0.4 is 5.32 Å². The first-order chi connectivity index (χ1) is 4.27. The van der Waals surface area contributed by atoms with Gasteiger partial charge in [-0.15, -0.1) is 0 Å². The Kier molecular flexibility index (Phi) is 5.57. The van der Waals surface area contributed by atoms with E-state index in [-0.39, 0.29) is 6.10 Å². The summed E-state index contributed by atoms with van der Waals surface area (Å²) in [7, 11) is 0. The van der Waals surface area contributed by atoms with Crippen molar-refractivity contribution < 1.29 is 5.11 Å². The molecular formula is C7H15NO. The summed E-state index contributed by atoms with van der Waals surface area (Å²) < 4.78 is 0. The van der Waals surface area contributed by atoms with Crippen LogP contribution in [0.1, 0.15) is 13.8 Å². The Balaban J connectivity index is 3.04. The topological polar surface area (TPSA) is 32.3 Å². The van der Waals surface area contributed by atoms with E-state index in [4.69, 9.17) is 5.11 Å². The predicted octanol–water partition coefficient (Wildman–Crippen LogP) is 0.533. The van der Waals surface area contributed by atoms with Gasteiger partial charge in [0.2, 0.25) is 0 Å². The van der Waals surface area contributed by atoms with Gasteiger partial charge in [-0.25, -0.2) is 0 Å². The van der Waals surface area contributed by atoms with Crippen molar-refractivity contribution in [3.63, 3.8) is 0 Å². The Morgan fingerprint density at radius 2 is 2.33 bits per heavy atom. The SMILES string of the molecule is CCNCC=CC(C)O. The fourth-order valence-corrected chi connectivity index (χ4v) is 0.493. The van der Waals surface area contributed by atoms with E-state index in [0.29, 0.717) is 0 Å². The zero-order chi connectivity index (χ0) is 7.11. The molecule has 0 bridgehead atoms. The molecule has 0 aliphatic carbocycles. The van der Waals surface area contributed by atoms with Gasteiger partial charge in [0.15, 0.2) is 0 Å². The number of aliphatic hydroxyl groups is 1. The van der Waals surface area contributed by atoms with Crippen LogP contribution in [0.5, 0.6) is 0 Å². The highest BCUT2D eigenvalue weighted by atomic mass is 16.3. The van der Waals surface area contributed by atoms with E-state index in [0.717, 1.165) is 13.1 Å². The molecule has 0 spiro atoms. The predicted molar refractivity (Wildman–Crippen MR) is 39.4 cm³/mol. The van der Waals surface area contributed by atoms with Crippen LogP contribution in [0, 0.1) is 0 Å². The molecule has 2 N–H and O–H groups in total. The van der Waals surface area contributed by atoms with Crippen molar-refractivity contribution in [2.24, 2.45) is 0 Å². The Bertz CT molecular complexity index is 79.0. The molecule has 1 unspecified atom stereocenters. The van der Waals surface area contributed by atoms with Crippen molar-refractivity contribution in [3.05, 3.63) is 12.2 Å². The Morgan fingerprint density at radius 1 is 1.67 bits per heavy atom. The Hall–Kier alpha value is -0.340. The summed E-state index contributed by atoms with van der Waals surface area (Å²) in [5.74, 6) is 0. The minimum atomic E-state index is -0.316. The molecule has 0 amide bonds. The van der Waals surface area contributed by atoms with Crippen molar-refractivity contribution in [1.29, 1.82) is 0 Å². The van der Waals surface area contributed by atoms with Gasteiger partial charge in [-0.2, -0.15) is 0 Å². The van der Waals surface area contributed by atoms with Crippen LogP contribution in [0.3, 0.4) is 0 Å². The van der Waals surface area contributed by atoms with Gasteiger partial charge in [0.1, 0.15) is 0 Å². The van der Waals surface area contributed by atoms with E-state index < -0.39 is 0 Å². The average molecular weight is 129 g/mol. The molecule has 2 heteroatoms. The molecule has 0 saturated carbocycles. The van der Waals surface area contributed by atoms with Gasteiger partial charge >= 0.3 is 0 Å². The van der Waals surface area contributed by atoms with Gasteiger partial charge in [0, 0.05) is 6.54 Å². The summed E-state index contributed by atoms with van der Waals surface area (Å²) in [5.41, 5.74) is 0. The van der Waals surface area contributed by atoms with E-state index in [9.17, 15) is 0 Å². The summed E-state index contributed by atoms with van der Waals surface area (Å²) in [4.78, 5) is 0. The van der Waals surface area contributed by atoms with E-state index in [2.05, 4.69) is 12.2 Å². The molecule has 0 aromatic heterocycles. The van der Waals surface area contributed by atoms with Crippen molar-refractivity contribution in [1.82, 2.24) is 5.32 Å². The highest BCUT2D eigenvalue weighted by Gasteiger charge is 1.82. The average Bonchev–Trinajstić information content (AvgIpc) is 1.80. The van der Waals surface area contributed by atoms with Crippen LogP contribution in [0.4, 0.5) is 0 Å². The van der Waals surface area contributed by atoms with E-state index in [1.54, 1.807) is 13.0 Å². The number of nitrogens with one attached hydrogen (secondary N) is 1. The summed E-state index contributed by atoms with van der Waals surface area (Å²) >= 11 is 0. The number of rotatable bonds is 4. The molecular weight excluding hydrogens is 114 g/mol. The third-order valence-electron chi connectivity index (χ3n) is 0.927. The molecule has 54 valence electrons. The summed E-state index contributed by atoms with van der Waals surface area (Å²) in [5, 5.41) is 11.8. The zero-order valence-electron chi connectivity index (χ0n) is 6.09. The molecule has 2 nitrogen and oxygen atoms in total. The van der Waals surface area contributed by atoms with Crippen LogP contribution in [0.25, 0.3) is 0 Å². The maximum Gasteiger partial charge on any atom is 0.0693 e. The van der Waals surface area contributed by atoms with Gasteiger partial charge in [-0.05, 0) is 13.5 Å². The lowest BCUT2D eigenvalue weighted by atomic mass is 10.3. The fourth-order valence-electron chi connectivity index (χ4n) is 0.493. The van der Waals surface area contributed by atoms with E-state index in [1.165, 1.54) is 0 Å². The summed E-state index contributed by atoms with van der Waals surface area (Å²) in [6.45, 7) is 5.62. The van der Waals surface area contributed by atoms with Crippen molar-refractivity contribution in [2.45, 2.75) is 20.0 Å². The van der Waals surface area contributed by atoms with Crippen LogP contribution in [0.15, 0.2) is 12.2 Å². The standard InChI is InChI=1S/C7H15NO/c1-3-8-6-4-5-7(2)9/h4-5,7-9H,3,6H2,1-2H3. The lowest BCUT2D eigenvalue weighted by Gasteiger charge is -1.94. The molecule has 1 atom stereocenters. The van der Waals surface area contributed by atoms with Crippen LogP contribution in [-0.4, -0.2) is 24.3 Å². The van der Waals surface area contributed by atoms with Crippen molar-refractivity contribution in [3.8, 4) is 0 Å². The fraction of sp³-hybridized carbons (Fsp3) is 0.714. The van der Waals surface area contributed by atoms with Gasteiger partial charge in [0.25, 0.3) is 0 Å². The smallest absolute Gasteiger partial charge is 0.0693 e. The normalized spacial score (nSPS) is 14.6. The molecule has 0 fully saturated rings. The Morgan fingerprint density at radius 3 is 2.78 bits per heavy atom. The lowest BCUT2D eigenvalue weighted by Crippen LogP contribution is -2.12. The summed E-state index contributed by atoms with van der Waals surface area (Å²) in [6.07, 6.45) is 3.38. The largest absolute Gasteiger partial charge is 0.389 e. The molecule has 9 heavy (non-hydrogen) atoms. The molecule has 0 rings (SSSR count). The second-order valence-electron chi connectivity index (χ2n) is 1.98. The van der Waals surface area contributed by atoms with E-state index in [1.807, 2.05) is 6.08 Å². The molecule has 0 radical (unpaired) electrons. The number of likely N-dealkylation sites (N-methyl/N-ethyl adjacent to an activating group) is 1. The first-order valence-corrected chi connectivity index (χ1v) is 3.32. The third kappa shape index (κ3) is 7.66. The highest BCUT2D eigenvalue weighted by molar-refractivity contribution is 4.87. The zero-order valence-corrected chi connectivity index (χ0v) is 6.09. The maximum absolute atomic E-state index is 8.74. The van der Waals surface area contributed by atoms with Gasteiger partial charge in [-0.3, -0.25) is 0 Å². The molecule has 0 aromatic carbocycles. The maximum atomic E-state index is 8.74. The molecule has 0 aliphatic rings. The summed E-state index contributed by atoms with van der Waals surface area (Å²) in [6, 6.07) is 0. The Labute approximate surface area is 56.6 Å². The molecule has 0 aliphatic heterocycles. The van der Waals surface area contributed by atoms with E-state index >= 15 is 0 Å². The van der Waals surface area contributed by atoms with Gasteiger partial charge < -0.3 is 10.4 Å². The first-order valence-electron chi connectivity index (χ1n) is 3.32. The van der Waals surface area contributed by atoms with Crippen LogP contribution >= 0.6 is 0 Å². The number of hydrogen-bond donors (Lipinski definition) is 2. The monoisotopic (exact) mass is 129 g/mol. The minimum Gasteiger partial charge on any atom is -0.389 e. The highest BCUT2D eigenvalue weighted by Crippen LogP contribution is 1.79. The molecule has 0 saturated heterocycles. The second kappa shape index (κ2) is 5.79. The van der Waals surface area contributed by atoms with Crippen LogP contribution in [-0.2, 0) is 0 Å². The van der Waals surface area contributed by atoms with Crippen molar-refractivity contribution in [2.75, 3.05) is 13.1 Å². The lowest BCUT2D eigenvalue weighted by molar-refractivity contribution is 0.244. The van der Waals surface area contributed by atoms with Crippen molar-refractivity contribution >= 4 is 0 Å².